The van der Waals surface area contributed by atoms with Gasteiger partial charge in [0.25, 0.3) is 0 Å². The normalized spacial score (nSPS) is 19.0. The second-order valence-electron chi connectivity index (χ2n) is 14.0. The van der Waals surface area contributed by atoms with Gasteiger partial charge in [0, 0.05) is 0 Å². The largest absolute Gasteiger partial charge is 0.426 e. The third-order valence-electron chi connectivity index (χ3n) is 8.86. The summed E-state index contributed by atoms with van der Waals surface area (Å²) in [6.45, 7) is 5.98. The zero-order valence-corrected chi connectivity index (χ0v) is 31.9. The molecule has 3 aliphatic rings. The van der Waals surface area contributed by atoms with E-state index in [4.69, 9.17) is 55.0 Å². The summed E-state index contributed by atoms with van der Waals surface area (Å²) < 4.78 is 37.3. The van der Waals surface area contributed by atoms with Crippen molar-refractivity contribution < 1.29 is 53.0 Å². The molecule has 3 heterocycles. The minimum atomic E-state index is -1.29. The molecule has 11 nitrogen and oxygen atoms in total. The summed E-state index contributed by atoms with van der Waals surface area (Å²) in [7, 11) is 0. The highest BCUT2D eigenvalue weighted by Crippen LogP contribution is 2.27. The quantitative estimate of drug-likeness (QED) is 0.0566. The van der Waals surface area contributed by atoms with Crippen LogP contribution >= 0.6 is 11.6 Å². The van der Waals surface area contributed by atoms with E-state index in [1.807, 2.05) is 84.9 Å². The van der Waals surface area contributed by atoms with Gasteiger partial charge >= 0.3 is 11.9 Å². The second-order valence-corrected chi connectivity index (χ2v) is 14.4. The van der Waals surface area contributed by atoms with Gasteiger partial charge in [0.2, 0.25) is 0 Å². The summed E-state index contributed by atoms with van der Waals surface area (Å²) in [5.74, 6) is 0.517. The number of epoxide rings is 3. The molecule has 0 radical (unpaired) electrons. The lowest BCUT2D eigenvalue weighted by atomic mass is 9.93. The molecule has 3 aliphatic heterocycles. The predicted molar refractivity (Wildman–Crippen MR) is 207 cm³/mol. The van der Waals surface area contributed by atoms with Crippen molar-refractivity contribution in [2.24, 2.45) is 10.8 Å². The fourth-order valence-corrected chi connectivity index (χ4v) is 4.99. The molecule has 0 amide bonds. The van der Waals surface area contributed by atoms with Gasteiger partial charge < -0.3 is 43.4 Å². The molecular formula is C43H49ClO11. The number of esters is 2. The minimum Gasteiger partial charge on any atom is -0.426 e. The molecule has 0 bridgehead atoms. The fraction of sp³-hybridized carbons (Fsp3) is 0.395. The van der Waals surface area contributed by atoms with E-state index in [0.29, 0.717) is 49.9 Å². The Morgan fingerprint density at radius 2 is 0.927 bits per heavy atom. The minimum absolute atomic E-state index is 0.140. The number of hydrogen-bond acceptors (Lipinski definition) is 11. The van der Waals surface area contributed by atoms with Crippen LogP contribution in [0, 0.1) is 10.8 Å². The number of rotatable bonds is 17. The van der Waals surface area contributed by atoms with E-state index in [9.17, 15) is 9.59 Å². The van der Waals surface area contributed by atoms with Crippen LogP contribution in [0.5, 0.6) is 11.5 Å². The lowest BCUT2D eigenvalue weighted by Crippen LogP contribution is -2.41. The summed E-state index contributed by atoms with van der Waals surface area (Å²) >= 11 is 5.27. The standard InChI is InChI=1S/C23H26O6.C17H18O4.C3H5ClO/c1-23(15-25-11-20-13-27-20,16-26-12-21-14-28-21)22(24)29-19-9-7-18(8-10-19)17-5-3-2-4-6-17;1-17(11-18,12-19)16(20)21-15-9-7-14(8-10-15)13-5-3-2-4-6-13;4-1-3-2-5-3/h2-10,20-21H,11-16H2,1H3;2-10,18-19H,11-12H2,1H3;3H,1-2H2. The van der Waals surface area contributed by atoms with Gasteiger partial charge in [-0.05, 0) is 60.4 Å². The van der Waals surface area contributed by atoms with Crippen molar-refractivity contribution in [2.75, 3.05) is 65.3 Å². The van der Waals surface area contributed by atoms with Crippen molar-refractivity contribution in [1.82, 2.24) is 0 Å². The summed E-state index contributed by atoms with van der Waals surface area (Å²) in [6, 6.07) is 34.5. The highest BCUT2D eigenvalue weighted by molar-refractivity contribution is 6.18. The maximum Gasteiger partial charge on any atom is 0.321 e. The molecule has 3 saturated heterocycles. The number of ether oxygens (including phenoxy) is 7. The van der Waals surface area contributed by atoms with Crippen LogP contribution in [0.4, 0.5) is 0 Å². The topological polar surface area (TPSA) is 149 Å². The third-order valence-corrected chi connectivity index (χ3v) is 9.20. The molecule has 2 N–H and O–H groups in total. The molecule has 0 aliphatic carbocycles. The van der Waals surface area contributed by atoms with Gasteiger partial charge in [0.15, 0.2) is 0 Å². The molecule has 3 atom stereocenters. The van der Waals surface area contributed by atoms with E-state index < -0.39 is 30.0 Å². The third kappa shape index (κ3) is 13.8. The number of carbonyl (C=O) groups is 2. The average molecular weight is 777 g/mol. The van der Waals surface area contributed by atoms with Crippen LogP contribution in [-0.4, -0.2) is 106 Å². The van der Waals surface area contributed by atoms with Gasteiger partial charge in [-0.3, -0.25) is 9.59 Å². The summed E-state index contributed by atoms with van der Waals surface area (Å²) in [4.78, 5) is 24.8. The van der Waals surface area contributed by atoms with E-state index in [1.165, 1.54) is 6.92 Å². The van der Waals surface area contributed by atoms with Gasteiger partial charge in [-0.1, -0.05) is 84.9 Å². The molecule has 3 unspecified atom stereocenters. The SMILES string of the molecule is CC(CO)(CO)C(=O)Oc1ccc(-c2ccccc2)cc1.CC(COCC1CO1)(COCC1CO1)C(=O)Oc1ccc(-c2ccccc2)cc1.ClCC1CO1. The Balaban J connectivity index is 0.000000194. The summed E-state index contributed by atoms with van der Waals surface area (Å²) in [5.41, 5.74) is 2.06. The van der Waals surface area contributed by atoms with Crippen molar-refractivity contribution >= 4 is 23.5 Å². The van der Waals surface area contributed by atoms with Crippen molar-refractivity contribution in [3.63, 3.8) is 0 Å². The number of alkyl halides is 1. The van der Waals surface area contributed by atoms with Crippen LogP contribution in [0.2, 0.25) is 0 Å². The Morgan fingerprint density at radius 3 is 1.24 bits per heavy atom. The lowest BCUT2D eigenvalue weighted by molar-refractivity contribution is -0.154. The Bertz CT molecular complexity index is 1720. The first kappa shape index (κ1) is 42.0. The van der Waals surface area contributed by atoms with E-state index >= 15 is 0 Å². The second kappa shape index (κ2) is 20.7. The fourth-order valence-electron chi connectivity index (χ4n) is 4.81. The van der Waals surface area contributed by atoms with E-state index in [0.717, 1.165) is 28.9 Å². The molecule has 4 aromatic rings. The monoisotopic (exact) mass is 776 g/mol. The van der Waals surface area contributed by atoms with E-state index in [1.54, 1.807) is 31.2 Å². The number of benzene rings is 4. The van der Waals surface area contributed by atoms with Crippen molar-refractivity contribution in [3.8, 4) is 33.8 Å². The molecule has 12 heteroatoms. The Hall–Kier alpha value is -4.17. The van der Waals surface area contributed by atoms with Gasteiger partial charge in [-0.2, -0.15) is 0 Å². The van der Waals surface area contributed by atoms with Crippen molar-refractivity contribution in [3.05, 3.63) is 109 Å². The zero-order valence-electron chi connectivity index (χ0n) is 31.1. The predicted octanol–water partition coefficient (Wildman–Crippen LogP) is 5.97. The smallest absolute Gasteiger partial charge is 0.321 e. The number of carbonyl (C=O) groups excluding carboxylic acids is 2. The van der Waals surface area contributed by atoms with Crippen LogP contribution in [0.15, 0.2) is 109 Å². The number of halogens is 1. The van der Waals surface area contributed by atoms with Gasteiger partial charge in [0.05, 0.1) is 71.4 Å². The van der Waals surface area contributed by atoms with Crippen molar-refractivity contribution in [1.29, 1.82) is 0 Å². The van der Waals surface area contributed by atoms with Crippen molar-refractivity contribution in [2.45, 2.75) is 32.2 Å². The van der Waals surface area contributed by atoms with E-state index in [2.05, 4.69) is 0 Å². The van der Waals surface area contributed by atoms with E-state index in [-0.39, 0.29) is 31.4 Å². The Morgan fingerprint density at radius 1 is 0.582 bits per heavy atom. The molecule has 7 rings (SSSR count). The maximum absolute atomic E-state index is 12.9. The maximum atomic E-state index is 12.9. The molecule has 3 fully saturated rings. The number of hydrogen-bond donors (Lipinski definition) is 2. The Labute approximate surface area is 327 Å². The summed E-state index contributed by atoms with van der Waals surface area (Å²) in [6.07, 6.45) is 0.680. The van der Waals surface area contributed by atoms with Gasteiger partial charge in [-0.15, -0.1) is 11.6 Å². The van der Waals surface area contributed by atoms with Crippen LogP contribution in [0.25, 0.3) is 22.3 Å². The highest BCUT2D eigenvalue weighted by atomic mass is 35.5. The molecule has 294 valence electrons. The lowest BCUT2D eigenvalue weighted by Gasteiger charge is -2.26. The van der Waals surface area contributed by atoms with Crippen LogP contribution in [-0.2, 0) is 33.3 Å². The van der Waals surface area contributed by atoms with Gasteiger partial charge in [0.1, 0.15) is 34.5 Å². The molecule has 0 aromatic heterocycles. The summed E-state index contributed by atoms with van der Waals surface area (Å²) in [5, 5.41) is 18.3. The Kier molecular flexibility index (Phi) is 15.8. The number of aliphatic hydroxyl groups is 2. The first-order chi connectivity index (χ1) is 26.6. The average Bonchev–Trinajstić information content (AvgIpc) is 4.06. The first-order valence-corrected chi connectivity index (χ1v) is 18.7. The number of aliphatic hydroxyl groups excluding tert-OH is 2. The molecule has 55 heavy (non-hydrogen) atoms. The first-order valence-electron chi connectivity index (χ1n) is 18.2. The molecule has 0 spiro atoms. The zero-order chi connectivity index (χ0) is 39.1. The van der Waals surface area contributed by atoms with Crippen LogP contribution < -0.4 is 9.47 Å². The molecular weight excluding hydrogens is 728 g/mol. The van der Waals surface area contributed by atoms with Crippen LogP contribution in [0.3, 0.4) is 0 Å². The van der Waals surface area contributed by atoms with Gasteiger partial charge in [-0.25, -0.2) is 0 Å². The molecule has 4 aromatic carbocycles. The molecule has 0 saturated carbocycles. The highest BCUT2D eigenvalue weighted by Gasteiger charge is 2.38. The van der Waals surface area contributed by atoms with Crippen LogP contribution in [0.1, 0.15) is 13.8 Å².